The van der Waals surface area contributed by atoms with Crippen molar-refractivity contribution in [3.05, 3.63) is 65.7 Å². The van der Waals surface area contributed by atoms with Crippen molar-refractivity contribution in [1.29, 1.82) is 0 Å². The maximum absolute atomic E-state index is 12.7. The predicted octanol–water partition coefficient (Wildman–Crippen LogP) is 3.21. The van der Waals surface area contributed by atoms with E-state index in [9.17, 15) is 9.59 Å². The van der Waals surface area contributed by atoms with Crippen LogP contribution in [0.15, 0.2) is 54.6 Å². The third-order valence-corrected chi connectivity index (χ3v) is 4.72. The molecule has 0 spiro atoms. The summed E-state index contributed by atoms with van der Waals surface area (Å²) in [5.41, 5.74) is 1.75. The summed E-state index contributed by atoms with van der Waals surface area (Å²) >= 11 is 0. The lowest BCUT2D eigenvalue weighted by molar-refractivity contribution is -0.135. The lowest BCUT2D eigenvalue weighted by Crippen LogP contribution is -2.51. The molecule has 27 heavy (non-hydrogen) atoms. The Labute approximate surface area is 160 Å². The molecular weight excluding hydrogens is 340 g/mol. The Balaban J connectivity index is 1.53. The van der Waals surface area contributed by atoms with Gasteiger partial charge in [0.1, 0.15) is 12.4 Å². The molecule has 0 aromatic heterocycles. The minimum absolute atomic E-state index is 0.00116. The molecule has 5 nitrogen and oxygen atoms in total. The number of amides is 2. The van der Waals surface area contributed by atoms with Crippen LogP contribution in [-0.2, 0) is 11.4 Å². The number of carbonyl (C=O) groups excluding carboxylic acids is 2. The first-order valence-corrected chi connectivity index (χ1v) is 9.39. The van der Waals surface area contributed by atoms with Gasteiger partial charge >= 0.3 is 0 Å². The third kappa shape index (κ3) is 4.88. The van der Waals surface area contributed by atoms with Crippen LogP contribution in [0, 0.1) is 5.92 Å². The number of hydrogen-bond donors (Lipinski definition) is 0. The summed E-state index contributed by atoms with van der Waals surface area (Å²) in [6, 6.07) is 17.2. The van der Waals surface area contributed by atoms with Crippen LogP contribution in [0.25, 0.3) is 0 Å². The van der Waals surface area contributed by atoms with E-state index in [1.54, 1.807) is 12.1 Å². The van der Waals surface area contributed by atoms with Gasteiger partial charge in [-0.05, 0) is 29.8 Å². The molecular formula is C22H26N2O3. The summed E-state index contributed by atoms with van der Waals surface area (Å²) in [4.78, 5) is 28.4. The lowest BCUT2D eigenvalue weighted by atomic mass is 10.1. The Hall–Kier alpha value is -2.82. The number of piperazine rings is 1. The second-order valence-electron chi connectivity index (χ2n) is 7.07. The molecule has 2 aromatic rings. The van der Waals surface area contributed by atoms with Crippen molar-refractivity contribution in [2.75, 3.05) is 26.2 Å². The minimum Gasteiger partial charge on any atom is -0.489 e. The number of ether oxygens (including phenoxy) is 1. The number of rotatable bonds is 5. The lowest BCUT2D eigenvalue weighted by Gasteiger charge is -2.35. The van der Waals surface area contributed by atoms with E-state index < -0.39 is 0 Å². The van der Waals surface area contributed by atoms with Crippen LogP contribution < -0.4 is 4.74 Å². The topological polar surface area (TPSA) is 49.9 Å². The molecule has 5 heteroatoms. The highest BCUT2D eigenvalue weighted by Crippen LogP contribution is 2.17. The van der Waals surface area contributed by atoms with E-state index in [0.29, 0.717) is 38.3 Å². The molecule has 0 bridgehead atoms. The Bertz CT molecular complexity index is 764. The zero-order valence-electron chi connectivity index (χ0n) is 15.9. The number of carbonyl (C=O) groups is 2. The quantitative estimate of drug-likeness (QED) is 0.816. The summed E-state index contributed by atoms with van der Waals surface area (Å²) in [5, 5.41) is 0. The van der Waals surface area contributed by atoms with Crippen LogP contribution in [0.1, 0.15) is 29.8 Å². The summed E-state index contributed by atoms with van der Waals surface area (Å²) in [7, 11) is 0. The number of nitrogens with zero attached hydrogens (tertiary/aromatic N) is 2. The van der Waals surface area contributed by atoms with E-state index >= 15 is 0 Å². The van der Waals surface area contributed by atoms with Gasteiger partial charge in [-0.1, -0.05) is 44.2 Å². The molecule has 1 fully saturated rings. The normalized spacial score (nSPS) is 14.3. The average Bonchev–Trinajstić information content (AvgIpc) is 2.72. The Morgan fingerprint density at radius 1 is 0.889 bits per heavy atom. The average molecular weight is 366 g/mol. The fourth-order valence-electron chi connectivity index (χ4n) is 3.11. The molecule has 1 saturated heterocycles. The van der Waals surface area contributed by atoms with E-state index in [-0.39, 0.29) is 17.7 Å². The van der Waals surface area contributed by atoms with Crippen LogP contribution in [0.2, 0.25) is 0 Å². The highest BCUT2D eigenvalue weighted by molar-refractivity contribution is 5.94. The van der Waals surface area contributed by atoms with E-state index in [1.165, 1.54) is 0 Å². The smallest absolute Gasteiger partial charge is 0.253 e. The fourth-order valence-corrected chi connectivity index (χ4v) is 3.11. The standard InChI is InChI=1S/C22H26N2O3/c1-17(2)21(25)23-12-14-24(15-13-23)22(26)19-8-10-20(11-9-19)27-16-18-6-4-3-5-7-18/h3-11,17H,12-16H2,1-2H3. The first kappa shape index (κ1) is 19.0. The molecule has 1 heterocycles. The maximum atomic E-state index is 12.7. The second kappa shape index (κ2) is 8.71. The highest BCUT2D eigenvalue weighted by Gasteiger charge is 2.25. The van der Waals surface area contributed by atoms with Gasteiger partial charge in [-0.3, -0.25) is 9.59 Å². The largest absolute Gasteiger partial charge is 0.489 e. The molecule has 3 rings (SSSR count). The summed E-state index contributed by atoms with van der Waals surface area (Å²) in [5.74, 6) is 0.890. The fraction of sp³-hybridized carbons (Fsp3) is 0.364. The van der Waals surface area contributed by atoms with Gasteiger partial charge < -0.3 is 14.5 Å². The molecule has 0 radical (unpaired) electrons. The van der Waals surface area contributed by atoms with Gasteiger partial charge in [0.25, 0.3) is 5.91 Å². The molecule has 2 amide bonds. The number of hydrogen-bond acceptors (Lipinski definition) is 3. The molecule has 0 saturated carbocycles. The molecule has 1 aliphatic heterocycles. The zero-order chi connectivity index (χ0) is 19.2. The number of benzene rings is 2. The molecule has 0 aliphatic carbocycles. The van der Waals surface area contributed by atoms with Crippen molar-refractivity contribution in [1.82, 2.24) is 9.80 Å². The first-order valence-electron chi connectivity index (χ1n) is 9.39. The van der Waals surface area contributed by atoms with Crippen molar-refractivity contribution >= 4 is 11.8 Å². The highest BCUT2D eigenvalue weighted by atomic mass is 16.5. The third-order valence-electron chi connectivity index (χ3n) is 4.72. The molecule has 0 atom stereocenters. The maximum Gasteiger partial charge on any atom is 0.253 e. The Kier molecular flexibility index (Phi) is 6.12. The van der Waals surface area contributed by atoms with Crippen LogP contribution in [-0.4, -0.2) is 47.8 Å². The van der Waals surface area contributed by atoms with Gasteiger partial charge in [-0.2, -0.15) is 0 Å². The second-order valence-corrected chi connectivity index (χ2v) is 7.07. The van der Waals surface area contributed by atoms with Crippen LogP contribution in [0.5, 0.6) is 5.75 Å². The van der Waals surface area contributed by atoms with E-state index in [4.69, 9.17) is 4.74 Å². The molecule has 142 valence electrons. The molecule has 1 aliphatic rings. The van der Waals surface area contributed by atoms with Gasteiger partial charge in [-0.15, -0.1) is 0 Å². The molecule has 2 aromatic carbocycles. The summed E-state index contributed by atoms with van der Waals surface area (Å²) in [6.45, 7) is 6.65. The van der Waals surface area contributed by atoms with Gasteiger partial charge in [0.2, 0.25) is 5.91 Å². The van der Waals surface area contributed by atoms with Gasteiger partial charge in [0.05, 0.1) is 0 Å². The Morgan fingerprint density at radius 3 is 2.07 bits per heavy atom. The van der Waals surface area contributed by atoms with Crippen LogP contribution in [0.4, 0.5) is 0 Å². The van der Waals surface area contributed by atoms with Gasteiger partial charge in [0.15, 0.2) is 0 Å². The van der Waals surface area contributed by atoms with Crippen molar-refractivity contribution in [3.63, 3.8) is 0 Å². The first-order chi connectivity index (χ1) is 13.0. The summed E-state index contributed by atoms with van der Waals surface area (Å²) < 4.78 is 5.77. The van der Waals surface area contributed by atoms with Gasteiger partial charge in [-0.25, -0.2) is 0 Å². The van der Waals surface area contributed by atoms with Crippen LogP contribution in [0.3, 0.4) is 0 Å². The van der Waals surface area contributed by atoms with Gasteiger partial charge in [0, 0.05) is 37.7 Å². The monoisotopic (exact) mass is 366 g/mol. The SMILES string of the molecule is CC(C)C(=O)N1CCN(C(=O)c2ccc(OCc3ccccc3)cc2)CC1. The van der Waals surface area contributed by atoms with Crippen molar-refractivity contribution in [2.45, 2.75) is 20.5 Å². The minimum atomic E-state index is -0.00400. The molecule has 0 N–H and O–H groups in total. The van der Waals surface area contributed by atoms with Crippen LogP contribution >= 0.6 is 0 Å². The van der Waals surface area contributed by atoms with Crippen molar-refractivity contribution in [2.24, 2.45) is 5.92 Å². The van der Waals surface area contributed by atoms with E-state index in [0.717, 1.165) is 11.3 Å². The zero-order valence-corrected chi connectivity index (χ0v) is 15.9. The van der Waals surface area contributed by atoms with Crippen molar-refractivity contribution < 1.29 is 14.3 Å². The van der Waals surface area contributed by atoms with Crippen molar-refractivity contribution in [3.8, 4) is 5.75 Å². The molecule has 0 unspecified atom stereocenters. The van der Waals surface area contributed by atoms with E-state index in [1.807, 2.05) is 66.1 Å². The summed E-state index contributed by atoms with van der Waals surface area (Å²) in [6.07, 6.45) is 0. The Morgan fingerprint density at radius 2 is 1.48 bits per heavy atom. The van der Waals surface area contributed by atoms with E-state index in [2.05, 4.69) is 0 Å². The predicted molar refractivity (Wildman–Crippen MR) is 105 cm³/mol.